The van der Waals surface area contributed by atoms with Crippen molar-refractivity contribution in [3.8, 4) is 0 Å². The molecule has 0 atom stereocenters. The average molecular weight is 221 g/mol. The fraction of sp³-hybridized carbons (Fsp3) is 0.583. The number of aromatic nitrogens is 1. The van der Waals surface area contributed by atoms with E-state index in [1.54, 1.807) is 0 Å². The first kappa shape index (κ1) is 11.4. The smallest absolute Gasteiger partial charge is 0.130 e. The Hall–Kier alpha value is -1.13. The maximum Gasteiger partial charge on any atom is 0.130 e. The van der Waals surface area contributed by atoms with Gasteiger partial charge in [-0.05, 0) is 13.0 Å². The molecule has 1 N–H and O–H groups in total. The van der Waals surface area contributed by atoms with Gasteiger partial charge in [-0.25, -0.2) is 4.98 Å². The molecule has 4 nitrogen and oxygen atoms in total. The van der Waals surface area contributed by atoms with Gasteiger partial charge in [-0.2, -0.15) is 0 Å². The van der Waals surface area contributed by atoms with E-state index in [1.807, 2.05) is 12.3 Å². The van der Waals surface area contributed by atoms with Crippen molar-refractivity contribution in [1.82, 2.24) is 9.88 Å². The number of nitrogens with zero attached hydrogens (tertiary/aromatic N) is 2. The van der Waals surface area contributed by atoms with Crippen LogP contribution in [0.15, 0.2) is 18.3 Å². The first-order valence-corrected chi connectivity index (χ1v) is 5.88. The third-order valence-corrected chi connectivity index (χ3v) is 2.73. The van der Waals surface area contributed by atoms with Gasteiger partial charge in [0.15, 0.2) is 0 Å². The van der Waals surface area contributed by atoms with Crippen LogP contribution in [0.3, 0.4) is 0 Å². The summed E-state index contributed by atoms with van der Waals surface area (Å²) in [5.74, 6) is 1.01. The second-order valence-electron chi connectivity index (χ2n) is 3.93. The Morgan fingerprint density at radius 2 is 2.25 bits per heavy atom. The van der Waals surface area contributed by atoms with Crippen molar-refractivity contribution in [1.29, 1.82) is 0 Å². The lowest BCUT2D eigenvalue weighted by Gasteiger charge is -2.27. The van der Waals surface area contributed by atoms with Gasteiger partial charge >= 0.3 is 0 Å². The fourth-order valence-corrected chi connectivity index (χ4v) is 1.89. The van der Waals surface area contributed by atoms with E-state index < -0.39 is 0 Å². The van der Waals surface area contributed by atoms with Crippen LogP contribution in [0.5, 0.6) is 0 Å². The van der Waals surface area contributed by atoms with Crippen LogP contribution in [-0.2, 0) is 11.3 Å². The molecular weight excluding hydrogens is 202 g/mol. The molecule has 0 saturated carbocycles. The van der Waals surface area contributed by atoms with Crippen molar-refractivity contribution < 1.29 is 4.74 Å². The molecule has 2 rings (SSSR count). The molecule has 1 aromatic rings. The molecule has 1 aliphatic heterocycles. The van der Waals surface area contributed by atoms with Gasteiger partial charge in [-0.1, -0.05) is 6.07 Å². The van der Waals surface area contributed by atoms with E-state index >= 15 is 0 Å². The molecular formula is C12H19N3O. The van der Waals surface area contributed by atoms with E-state index in [9.17, 15) is 0 Å². The predicted molar refractivity (Wildman–Crippen MR) is 64.5 cm³/mol. The third kappa shape index (κ3) is 2.93. The van der Waals surface area contributed by atoms with Crippen LogP contribution in [0.1, 0.15) is 12.5 Å². The lowest BCUT2D eigenvalue weighted by Crippen LogP contribution is -2.35. The minimum Gasteiger partial charge on any atom is -0.379 e. The van der Waals surface area contributed by atoms with E-state index in [1.165, 1.54) is 5.56 Å². The molecule has 0 amide bonds. The van der Waals surface area contributed by atoms with E-state index in [0.717, 1.165) is 45.2 Å². The van der Waals surface area contributed by atoms with Crippen LogP contribution in [0.4, 0.5) is 5.82 Å². The first-order valence-electron chi connectivity index (χ1n) is 5.88. The largest absolute Gasteiger partial charge is 0.379 e. The maximum absolute atomic E-state index is 5.34. The number of hydrogen-bond donors (Lipinski definition) is 1. The minimum atomic E-state index is 0.844. The molecule has 88 valence electrons. The van der Waals surface area contributed by atoms with Gasteiger partial charge in [-0.15, -0.1) is 0 Å². The van der Waals surface area contributed by atoms with E-state index in [2.05, 4.69) is 28.2 Å². The van der Waals surface area contributed by atoms with Crippen molar-refractivity contribution in [3.63, 3.8) is 0 Å². The number of nitrogens with one attached hydrogen (secondary N) is 1. The molecule has 4 heteroatoms. The lowest BCUT2D eigenvalue weighted by atomic mass is 10.2. The summed E-state index contributed by atoms with van der Waals surface area (Å²) in [6, 6.07) is 4.14. The zero-order chi connectivity index (χ0) is 11.2. The summed E-state index contributed by atoms with van der Waals surface area (Å²) in [6.07, 6.45) is 1.83. The van der Waals surface area contributed by atoms with Gasteiger partial charge in [-0.3, -0.25) is 4.90 Å². The summed E-state index contributed by atoms with van der Waals surface area (Å²) < 4.78 is 5.34. The number of ether oxygens (including phenoxy) is 1. The quantitative estimate of drug-likeness (QED) is 0.832. The zero-order valence-corrected chi connectivity index (χ0v) is 9.78. The fourth-order valence-electron chi connectivity index (χ4n) is 1.89. The van der Waals surface area contributed by atoms with Gasteiger partial charge in [0.05, 0.1) is 13.2 Å². The van der Waals surface area contributed by atoms with Gasteiger partial charge < -0.3 is 10.1 Å². The Morgan fingerprint density at radius 1 is 1.44 bits per heavy atom. The summed E-state index contributed by atoms with van der Waals surface area (Å²) in [7, 11) is 0. The highest BCUT2D eigenvalue weighted by Crippen LogP contribution is 2.14. The zero-order valence-electron chi connectivity index (χ0n) is 9.78. The van der Waals surface area contributed by atoms with Gasteiger partial charge in [0.25, 0.3) is 0 Å². The van der Waals surface area contributed by atoms with E-state index in [-0.39, 0.29) is 0 Å². The van der Waals surface area contributed by atoms with Crippen molar-refractivity contribution in [2.45, 2.75) is 13.5 Å². The molecule has 0 bridgehead atoms. The maximum atomic E-state index is 5.34. The second kappa shape index (κ2) is 5.82. The van der Waals surface area contributed by atoms with Crippen LogP contribution in [0.2, 0.25) is 0 Å². The summed E-state index contributed by atoms with van der Waals surface area (Å²) in [5, 5.41) is 3.30. The minimum absolute atomic E-state index is 0.844. The van der Waals surface area contributed by atoms with Gasteiger partial charge in [0.2, 0.25) is 0 Å². The van der Waals surface area contributed by atoms with Gasteiger partial charge in [0, 0.05) is 37.9 Å². The van der Waals surface area contributed by atoms with Crippen LogP contribution >= 0.6 is 0 Å². The normalized spacial score (nSPS) is 17.3. The second-order valence-corrected chi connectivity index (χ2v) is 3.93. The van der Waals surface area contributed by atoms with Crippen molar-refractivity contribution >= 4 is 5.82 Å². The average Bonchev–Trinajstić information content (AvgIpc) is 2.33. The Kier molecular flexibility index (Phi) is 4.13. The molecule has 1 fully saturated rings. The van der Waals surface area contributed by atoms with E-state index in [0.29, 0.717) is 0 Å². The summed E-state index contributed by atoms with van der Waals surface area (Å²) in [6.45, 7) is 7.67. The van der Waals surface area contributed by atoms with Crippen molar-refractivity contribution in [2.75, 3.05) is 38.2 Å². The highest BCUT2D eigenvalue weighted by Gasteiger charge is 2.12. The number of anilines is 1. The summed E-state index contributed by atoms with van der Waals surface area (Å²) in [4.78, 5) is 6.77. The molecule has 2 heterocycles. The Morgan fingerprint density at radius 3 is 3.00 bits per heavy atom. The highest BCUT2D eigenvalue weighted by molar-refractivity contribution is 5.43. The SMILES string of the molecule is CCNc1ncccc1CN1CCOCC1. The number of pyridine rings is 1. The Balaban J connectivity index is 2.01. The lowest BCUT2D eigenvalue weighted by molar-refractivity contribution is 0.0342. The molecule has 0 aromatic carbocycles. The molecule has 0 spiro atoms. The Labute approximate surface area is 96.6 Å². The molecule has 0 radical (unpaired) electrons. The first-order chi connectivity index (χ1) is 7.90. The third-order valence-electron chi connectivity index (χ3n) is 2.73. The van der Waals surface area contributed by atoms with Crippen molar-refractivity contribution in [3.05, 3.63) is 23.9 Å². The molecule has 1 saturated heterocycles. The number of morpholine rings is 1. The monoisotopic (exact) mass is 221 g/mol. The standard InChI is InChI=1S/C12H19N3O/c1-2-13-12-11(4-3-5-14-12)10-15-6-8-16-9-7-15/h3-5H,2,6-10H2,1H3,(H,13,14). The Bertz CT molecular complexity index is 324. The molecule has 1 aliphatic rings. The van der Waals surface area contributed by atoms with Crippen LogP contribution in [0, 0.1) is 0 Å². The number of rotatable bonds is 4. The summed E-state index contributed by atoms with van der Waals surface area (Å²) in [5.41, 5.74) is 1.27. The highest BCUT2D eigenvalue weighted by atomic mass is 16.5. The molecule has 0 unspecified atom stereocenters. The van der Waals surface area contributed by atoms with Crippen LogP contribution in [0.25, 0.3) is 0 Å². The topological polar surface area (TPSA) is 37.4 Å². The van der Waals surface area contributed by atoms with Gasteiger partial charge in [0.1, 0.15) is 5.82 Å². The number of hydrogen-bond acceptors (Lipinski definition) is 4. The van der Waals surface area contributed by atoms with Crippen LogP contribution in [-0.4, -0.2) is 42.7 Å². The van der Waals surface area contributed by atoms with E-state index in [4.69, 9.17) is 4.74 Å². The summed E-state index contributed by atoms with van der Waals surface area (Å²) >= 11 is 0. The van der Waals surface area contributed by atoms with Crippen LogP contribution < -0.4 is 5.32 Å². The predicted octanol–water partition coefficient (Wildman–Crippen LogP) is 1.35. The van der Waals surface area contributed by atoms with Crippen molar-refractivity contribution in [2.24, 2.45) is 0 Å². The molecule has 16 heavy (non-hydrogen) atoms. The molecule has 0 aliphatic carbocycles. The molecule has 1 aromatic heterocycles.